The Morgan fingerprint density at radius 1 is 1.30 bits per heavy atom. The van der Waals surface area contributed by atoms with Crippen molar-refractivity contribution >= 4 is 11.7 Å². The van der Waals surface area contributed by atoms with Gasteiger partial charge in [0.25, 0.3) is 0 Å². The summed E-state index contributed by atoms with van der Waals surface area (Å²) in [4.78, 5) is 14.6. The number of nitrogens with zero attached hydrogens (tertiary/aromatic N) is 1. The van der Waals surface area contributed by atoms with Crippen LogP contribution in [0, 0.1) is 5.82 Å². The number of rotatable bonds is 5. The molecule has 1 aromatic carbocycles. The van der Waals surface area contributed by atoms with Crippen LogP contribution in [0.3, 0.4) is 0 Å². The zero-order valence-corrected chi connectivity index (χ0v) is 13.5. The molecule has 2 amide bonds. The van der Waals surface area contributed by atoms with Crippen LogP contribution in [0.2, 0.25) is 0 Å². The molecule has 122 valence electrons. The quantitative estimate of drug-likeness (QED) is 0.770. The van der Waals surface area contributed by atoms with Gasteiger partial charge in [-0.3, -0.25) is 0 Å². The molecule has 3 nitrogen and oxygen atoms in total. The highest BCUT2D eigenvalue weighted by Gasteiger charge is 2.32. The summed E-state index contributed by atoms with van der Waals surface area (Å²) in [5.74, 6) is -0.325. The fourth-order valence-corrected chi connectivity index (χ4v) is 3.00. The Balaban J connectivity index is 2.22. The van der Waals surface area contributed by atoms with Crippen LogP contribution in [0.1, 0.15) is 26.2 Å². The zero-order valence-electron chi connectivity index (χ0n) is 13.5. The van der Waals surface area contributed by atoms with E-state index in [2.05, 4.69) is 31.5 Å². The fourth-order valence-electron chi connectivity index (χ4n) is 3.00. The first-order chi connectivity index (χ1) is 11.0. The van der Waals surface area contributed by atoms with Gasteiger partial charge in [0.05, 0.1) is 6.04 Å². The molecular weight excluding hydrogens is 291 g/mol. The molecule has 1 aliphatic heterocycles. The molecule has 4 heteroatoms. The van der Waals surface area contributed by atoms with Crippen LogP contribution >= 0.6 is 0 Å². The summed E-state index contributed by atoms with van der Waals surface area (Å²) in [6, 6.07) is 5.65. The number of anilines is 1. The van der Waals surface area contributed by atoms with Crippen LogP contribution in [-0.2, 0) is 0 Å². The highest BCUT2D eigenvalue weighted by molar-refractivity contribution is 5.90. The van der Waals surface area contributed by atoms with Crippen molar-refractivity contribution in [1.29, 1.82) is 0 Å². The molecule has 1 aromatic rings. The van der Waals surface area contributed by atoms with Crippen molar-refractivity contribution in [3.63, 3.8) is 0 Å². The maximum Gasteiger partial charge on any atom is 0.322 e. The number of nitrogens with one attached hydrogen (secondary N) is 1. The number of halogens is 1. The van der Waals surface area contributed by atoms with Gasteiger partial charge in [-0.15, -0.1) is 13.2 Å². The van der Waals surface area contributed by atoms with Crippen molar-refractivity contribution in [2.24, 2.45) is 0 Å². The average molecular weight is 314 g/mol. The van der Waals surface area contributed by atoms with E-state index in [1.807, 2.05) is 17.1 Å². The molecule has 1 heterocycles. The summed E-state index contributed by atoms with van der Waals surface area (Å²) in [5.41, 5.74) is 1.85. The second-order valence-electron chi connectivity index (χ2n) is 5.83. The van der Waals surface area contributed by atoms with Crippen molar-refractivity contribution in [3.8, 4) is 0 Å². The van der Waals surface area contributed by atoms with Crippen LogP contribution < -0.4 is 5.32 Å². The van der Waals surface area contributed by atoms with Gasteiger partial charge >= 0.3 is 6.03 Å². The first-order valence-electron chi connectivity index (χ1n) is 7.79. The van der Waals surface area contributed by atoms with Crippen molar-refractivity contribution in [2.75, 3.05) is 5.32 Å². The number of hydrogen-bond acceptors (Lipinski definition) is 1. The van der Waals surface area contributed by atoms with Crippen LogP contribution in [-0.4, -0.2) is 23.0 Å². The summed E-state index contributed by atoms with van der Waals surface area (Å²) < 4.78 is 13.0. The first kappa shape index (κ1) is 17.0. The summed E-state index contributed by atoms with van der Waals surface area (Å²) in [6.07, 6.45) is 8.04. The molecule has 0 saturated heterocycles. The molecule has 1 N–H and O–H groups in total. The van der Waals surface area contributed by atoms with Gasteiger partial charge in [0.2, 0.25) is 0 Å². The van der Waals surface area contributed by atoms with Crippen molar-refractivity contribution < 1.29 is 9.18 Å². The minimum absolute atomic E-state index is 0.0216. The SMILES string of the molecule is C=CC[C@H]1CC(C)=C[C@@H](CC=C)N1C(=O)Nc1ccc(F)cc1. The van der Waals surface area contributed by atoms with Gasteiger partial charge in [-0.1, -0.05) is 23.8 Å². The maximum absolute atomic E-state index is 13.0. The van der Waals surface area contributed by atoms with Gasteiger partial charge in [-0.2, -0.15) is 0 Å². The molecule has 0 bridgehead atoms. The van der Waals surface area contributed by atoms with Gasteiger partial charge in [0.15, 0.2) is 0 Å². The standard InChI is InChI=1S/C19H23FN2O/c1-4-6-17-12-14(3)13-18(7-5-2)22(17)19(23)21-16-10-8-15(20)9-11-16/h4-5,8-12,17-18H,1-2,6-7,13H2,3H3,(H,21,23)/t17-,18+/m1/s1. The van der Waals surface area contributed by atoms with E-state index in [1.165, 1.54) is 17.7 Å². The topological polar surface area (TPSA) is 32.3 Å². The number of carbonyl (C=O) groups excluding carboxylic acids is 1. The summed E-state index contributed by atoms with van der Waals surface area (Å²) in [7, 11) is 0. The Morgan fingerprint density at radius 2 is 1.96 bits per heavy atom. The van der Waals surface area contributed by atoms with E-state index in [1.54, 1.807) is 12.1 Å². The molecule has 0 radical (unpaired) electrons. The van der Waals surface area contributed by atoms with E-state index in [4.69, 9.17) is 0 Å². The summed E-state index contributed by atoms with van der Waals surface area (Å²) in [5, 5.41) is 2.85. The van der Waals surface area contributed by atoms with Gasteiger partial charge in [0.1, 0.15) is 5.82 Å². The zero-order chi connectivity index (χ0) is 16.8. The number of hydrogen-bond donors (Lipinski definition) is 1. The van der Waals surface area contributed by atoms with E-state index in [0.717, 1.165) is 12.8 Å². The largest absolute Gasteiger partial charge is 0.322 e. The lowest BCUT2D eigenvalue weighted by Crippen LogP contribution is -2.50. The maximum atomic E-state index is 13.0. The number of benzene rings is 1. The third kappa shape index (κ3) is 4.31. The van der Waals surface area contributed by atoms with Crippen LogP contribution in [0.5, 0.6) is 0 Å². The van der Waals surface area contributed by atoms with E-state index in [9.17, 15) is 9.18 Å². The highest BCUT2D eigenvalue weighted by atomic mass is 19.1. The lowest BCUT2D eigenvalue weighted by Gasteiger charge is -2.40. The Kier molecular flexibility index (Phi) is 5.74. The van der Waals surface area contributed by atoms with Gasteiger partial charge < -0.3 is 10.2 Å². The van der Waals surface area contributed by atoms with Crippen molar-refractivity contribution in [3.05, 3.63) is 67.0 Å². The molecular formula is C19H23FN2O. The molecule has 0 aliphatic carbocycles. The van der Waals surface area contributed by atoms with E-state index in [0.29, 0.717) is 12.1 Å². The molecule has 0 spiro atoms. The smallest absolute Gasteiger partial charge is 0.314 e. The predicted molar refractivity (Wildman–Crippen MR) is 92.8 cm³/mol. The first-order valence-corrected chi connectivity index (χ1v) is 7.79. The predicted octanol–water partition coefficient (Wildman–Crippen LogP) is 4.90. The Bertz CT molecular complexity index is 606. The Hall–Kier alpha value is -2.36. The lowest BCUT2D eigenvalue weighted by atomic mass is 9.93. The second kappa shape index (κ2) is 7.77. The van der Waals surface area contributed by atoms with Gasteiger partial charge in [-0.05, 0) is 50.5 Å². The van der Waals surface area contributed by atoms with Crippen molar-refractivity contribution in [2.45, 2.75) is 38.3 Å². The molecule has 0 unspecified atom stereocenters. The minimum atomic E-state index is -0.325. The van der Waals surface area contributed by atoms with Crippen LogP contribution in [0.4, 0.5) is 14.9 Å². The third-order valence-electron chi connectivity index (χ3n) is 3.96. The minimum Gasteiger partial charge on any atom is -0.314 e. The molecule has 1 aliphatic rings. The normalized spacial score (nSPS) is 20.6. The Morgan fingerprint density at radius 3 is 2.57 bits per heavy atom. The number of amides is 2. The second-order valence-corrected chi connectivity index (χ2v) is 5.83. The number of carbonyl (C=O) groups is 1. The molecule has 2 rings (SSSR count). The average Bonchev–Trinajstić information content (AvgIpc) is 2.50. The molecule has 2 atom stereocenters. The molecule has 23 heavy (non-hydrogen) atoms. The van der Waals surface area contributed by atoms with Gasteiger partial charge in [0, 0.05) is 11.7 Å². The third-order valence-corrected chi connectivity index (χ3v) is 3.96. The van der Waals surface area contributed by atoms with E-state index < -0.39 is 0 Å². The van der Waals surface area contributed by atoms with Crippen LogP contribution in [0.15, 0.2) is 61.2 Å². The lowest BCUT2D eigenvalue weighted by molar-refractivity contribution is 0.163. The molecule has 0 aromatic heterocycles. The highest BCUT2D eigenvalue weighted by Crippen LogP contribution is 2.27. The molecule has 0 saturated carbocycles. The molecule has 0 fully saturated rings. The monoisotopic (exact) mass is 314 g/mol. The van der Waals surface area contributed by atoms with E-state index >= 15 is 0 Å². The summed E-state index contributed by atoms with van der Waals surface area (Å²) in [6.45, 7) is 9.67. The number of urea groups is 1. The fraction of sp³-hybridized carbons (Fsp3) is 0.316. The van der Waals surface area contributed by atoms with Crippen molar-refractivity contribution in [1.82, 2.24) is 4.90 Å². The van der Waals surface area contributed by atoms with Gasteiger partial charge in [-0.25, -0.2) is 9.18 Å². The van der Waals surface area contributed by atoms with E-state index in [-0.39, 0.29) is 23.9 Å². The van der Waals surface area contributed by atoms with Crippen LogP contribution in [0.25, 0.3) is 0 Å². The Labute approximate surface area is 137 Å². The summed E-state index contributed by atoms with van der Waals surface area (Å²) >= 11 is 0.